The molecule has 0 radical (unpaired) electrons. The summed E-state index contributed by atoms with van der Waals surface area (Å²) < 4.78 is 5.29. The van der Waals surface area contributed by atoms with E-state index in [4.69, 9.17) is 20.5 Å². The number of carbonyl (C=O) groups is 6. The molecule has 6 aromatic rings. The Morgan fingerprint density at radius 1 is 0.731 bits per heavy atom. The number of ketones is 2. The first-order valence-electron chi connectivity index (χ1n) is 27.1. The molecule has 404 valence electrons. The van der Waals surface area contributed by atoms with E-state index < -0.39 is 37.0 Å². The maximum atomic E-state index is 14.5. The van der Waals surface area contributed by atoms with Gasteiger partial charge in [0.1, 0.15) is 35.1 Å². The zero-order valence-corrected chi connectivity index (χ0v) is 46.4. The molecule has 9 rings (SSSR count). The van der Waals surface area contributed by atoms with Crippen molar-refractivity contribution >= 4 is 80.5 Å². The number of methoxy groups -OCH3 is 1. The third kappa shape index (κ3) is 10.6. The van der Waals surface area contributed by atoms with E-state index in [1.54, 1.807) is 6.92 Å². The molecule has 1 aliphatic carbocycles. The molecule has 0 saturated heterocycles. The molecule has 78 heavy (non-hydrogen) atoms. The number of amides is 3. The van der Waals surface area contributed by atoms with E-state index >= 15 is 0 Å². The number of fused-ring (bicyclic) bond motifs is 8. The number of nitrogens with two attached hydrogens (primary N) is 1. The molecular weight excluding hydrogens is 1000 g/mol. The van der Waals surface area contributed by atoms with Crippen LogP contribution in [0.15, 0.2) is 109 Å². The lowest BCUT2D eigenvalue weighted by Crippen LogP contribution is -2.49. The highest BCUT2D eigenvalue weighted by Crippen LogP contribution is 2.56. The van der Waals surface area contributed by atoms with Crippen LogP contribution in [0.1, 0.15) is 162 Å². The van der Waals surface area contributed by atoms with E-state index in [1.807, 2.05) is 93.6 Å². The van der Waals surface area contributed by atoms with E-state index in [1.165, 1.54) is 7.11 Å². The number of hydrogen-bond acceptors (Lipinski definition) is 10. The monoisotopic (exact) mass is 1070 g/mol. The first-order chi connectivity index (χ1) is 37.6. The van der Waals surface area contributed by atoms with Gasteiger partial charge in [-0.2, -0.15) is 0 Å². The minimum Gasteiger partial charge on any atom is -0.468 e. The molecule has 2 aliphatic heterocycles. The van der Waals surface area contributed by atoms with Crippen molar-refractivity contribution in [2.75, 3.05) is 19.8 Å². The molecule has 3 aliphatic rings. The summed E-state index contributed by atoms with van der Waals surface area (Å²) in [7, 11) is -1.02. The minimum atomic E-state index is -2.29. The molecule has 15 nitrogen and oxygen atoms in total. The van der Waals surface area contributed by atoms with Gasteiger partial charge in [0.15, 0.2) is 11.6 Å². The number of rotatable bonds is 19. The predicted molar refractivity (Wildman–Crippen MR) is 307 cm³/mol. The lowest BCUT2D eigenvalue weighted by atomic mass is 9.84. The Morgan fingerprint density at radius 2 is 1.31 bits per heavy atom. The van der Waals surface area contributed by atoms with E-state index in [-0.39, 0.29) is 54.0 Å². The SMILES string of the molecule is CC[C@H]1c2cc3[nH]c4c(c3C)C(=O)C(C(=O)OC)c4c3nc(cc4[nH]c(cc(n2)[C@@H]1C)c(C(C)=O)c4C)[C@@H](C)[C@@H]3CCC(=O)NCCCC[C@H](NC(=O)CC[P+](c1ccccc1)(c1ccccc1)c1ccccc1)C(=O)NN. The van der Waals surface area contributed by atoms with Crippen LogP contribution >= 0.6 is 7.26 Å². The number of hydrazine groups is 1. The molecule has 16 heteroatoms. The Kier molecular flexibility index (Phi) is 16.7. The maximum absolute atomic E-state index is 14.5. The zero-order chi connectivity index (χ0) is 55.4. The summed E-state index contributed by atoms with van der Waals surface area (Å²) in [4.78, 5) is 99.8. The van der Waals surface area contributed by atoms with Crippen molar-refractivity contribution in [3.8, 4) is 0 Å². The topological polar surface area (TPSA) is 231 Å². The highest BCUT2D eigenvalue weighted by Gasteiger charge is 2.47. The Labute approximate surface area is 455 Å². The molecular formula is C62H70N8O7P+. The van der Waals surface area contributed by atoms with Crippen LogP contribution in [-0.4, -0.2) is 81.1 Å². The van der Waals surface area contributed by atoms with Crippen LogP contribution in [-0.2, 0) is 23.9 Å². The number of nitrogens with zero attached hydrogens (tertiary/aromatic N) is 2. The number of H-pyrrole nitrogens is 2. The quantitative estimate of drug-likeness (QED) is 0.00660. The highest BCUT2D eigenvalue weighted by molar-refractivity contribution is 7.95. The Balaban J connectivity index is 0.927. The maximum Gasteiger partial charge on any atom is 0.321 e. The first kappa shape index (κ1) is 55.2. The van der Waals surface area contributed by atoms with Crippen LogP contribution in [0.2, 0.25) is 0 Å². The Morgan fingerprint density at radius 3 is 1.90 bits per heavy atom. The summed E-state index contributed by atoms with van der Waals surface area (Å²) >= 11 is 0. The number of esters is 1. The fourth-order valence-corrected chi connectivity index (χ4v) is 16.4. The van der Waals surface area contributed by atoms with Gasteiger partial charge in [-0.05, 0) is 119 Å². The van der Waals surface area contributed by atoms with Crippen molar-refractivity contribution in [3.05, 3.63) is 160 Å². The Bertz CT molecular complexity index is 3350. The normalized spacial score (nSPS) is 18.1. The molecule has 0 spiro atoms. The Hall–Kier alpha value is -7.61. The van der Waals surface area contributed by atoms with Gasteiger partial charge in [-0.3, -0.25) is 44.2 Å². The number of aryl methyl sites for hydroxylation is 2. The molecule has 0 saturated carbocycles. The van der Waals surface area contributed by atoms with Crippen molar-refractivity contribution in [2.24, 2.45) is 5.84 Å². The molecule has 6 atom stereocenters. The second kappa shape index (κ2) is 23.6. The van der Waals surface area contributed by atoms with Crippen LogP contribution in [0, 0.1) is 13.8 Å². The van der Waals surface area contributed by atoms with E-state index in [0.717, 1.165) is 39.3 Å². The number of carbonyl (C=O) groups excluding carboxylic acids is 6. The number of unbranched alkanes of at least 4 members (excludes halogenated alkanes) is 1. The molecule has 5 heterocycles. The lowest BCUT2D eigenvalue weighted by molar-refractivity contribution is -0.141. The van der Waals surface area contributed by atoms with Gasteiger partial charge in [0.2, 0.25) is 11.8 Å². The van der Waals surface area contributed by atoms with Gasteiger partial charge < -0.3 is 25.3 Å². The van der Waals surface area contributed by atoms with Gasteiger partial charge in [-0.25, -0.2) is 5.84 Å². The largest absolute Gasteiger partial charge is 0.468 e. The zero-order valence-electron chi connectivity index (χ0n) is 45.5. The van der Waals surface area contributed by atoms with Crippen molar-refractivity contribution < 1.29 is 33.5 Å². The number of benzene rings is 3. The van der Waals surface area contributed by atoms with Crippen LogP contribution < -0.4 is 37.8 Å². The summed E-state index contributed by atoms with van der Waals surface area (Å²) in [5.74, 6) is 1.70. The second-order valence-electron chi connectivity index (χ2n) is 21.0. The van der Waals surface area contributed by atoms with Gasteiger partial charge in [0.25, 0.3) is 5.91 Å². The molecule has 0 fully saturated rings. The van der Waals surface area contributed by atoms with E-state index in [0.29, 0.717) is 94.1 Å². The first-order valence-corrected chi connectivity index (χ1v) is 29.1. The average Bonchev–Trinajstić information content (AvgIpc) is 4.40. The van der Waals surface area contributed by atoms with Gasteiger partial charge in [0, 0.05) is 81.4 Å². The van der Waals surface area contributed by atoms with Crippen LogP contribution in [0.25, 0.3) is 22.1 Å². The average molecular weight is 1070 g/mol. The van der Waals surface area contributed by atoms with Gasteiger partial charge >= 0.3 is 5.97 Å². The lowest BCUT2D eigenvalue weighted by Gasteiger charge is -2.28. The number of aromatic amines is 2. The smallest absolute Gasteiger partial charge is 0.321 e. The molecule has 7 N–H and O–H groups in total. The highest BCUT2D eigenvalue weighted by atomic mass is 31.2. The fraction of sp³-hybridized carbons (Fsp3) is 0.355. The summed E-state index contributed by atoms with van der Waals surface area (Å²) in [6.45, 7) is 11.9. The van der Waals surface area contributed by atoms with Gasteiger partial charge in [-0.1, -0.05) is 75.4 Å². The number of aromatic nitrogens is 4. The van der Waals surface area contributed by atoms with Crippen LogP contribution in [0.5, 0.6) is 0 Å². The standard InChI is InChI=1S/C62H69N8O7P/c1-8-43-35(2)46-34-51-54(39(6)71)37(4)48(66-51)32-47-36(3)44(58(68-47)56-57(62(76)77-7)60(74)55-38(5)49(69-59(55)56)33-50(43)65-46)27-28-52(72)64-30-19-18-26-45(61(75)70-63)67-53(73)29-31-78(40-20-12-9-13-21-40,41-22-14-10-15-23-41)42-24-16-11-17-25-42/h9-17,20-25,32-36,43-45,57H,8,18-19,26-31H2,1-7H3,(H6-,63,64,65,66,67,68,69,70,71,72,73,74,75)/p+1/t35-,36+,43-,44+,45+,57?/m1/s1. The number of nitrogens with one attached hydrogen (secondary N) is 5. The number of ether oxygens (including phenoxy) is 1. The summed E-state index contributed by atoms with van der Waals surface area (Å²) in [5.41, 5.74) is 10.6. The van der Waals surface area contributed by atoms with Gasteiger partial charge in [-0.15, -0.1) is 0 Å². The third-order valence-corrected chi connectivity index (χ3v) is 20.9. The van der Waals surface area contributed by atoms with Crippen molar-refractivity contribution in [1.29, 1.82) is 0 Å². The molecule has 1 unspecified atom stereocenters. The van der Waals surface area contributed by atoms with E-state index in [9.17, 15) is 28.8 Å². The fourth-order valence-electron chi connectivity index (χ4n) is 12.2. The summed E-state index contributed by atoms with van der Waals surface area (Å²) in [5, 5.41) is 9.48. The van der Waals surface area contributed by atoms with Crippen molar-refractivity contribution in [1.82, 2.24) is 36.0 Å². The van der Waals surface area contributed by atoms with Crippen molar-refractivity contribution in [3.63, 3.8) is 0 Å². The number of hydrogen-bond donors (Lipinski definition) is 6. The molecule has 3 aromatic heterocycles. The van der Waals surface area contributed by atoms with Crippen LogP contribution in [0.4, 0.5) is 0 Å². The molecule has 3 aromatic carbocycles. The minimum absolute atomic E-state index is 0.0539. The second-order valence-corrected chi connectivity index (χ2v) is 24.6. The summed E-state index contributed by atoms with van der Waals surface area (Å²) in [6.07, 6.45) is 3.31. The van der Waals surface area contributed by atoms with E-state index in [2.05, 4.69) is 76.3 Å². The summed E-state index contributed by atoms with van der Waals surface area (Å²) in [6, 6.07) is 35.9. The molecule has 3 amide bonds. The third-order valence-electron chi connectivity index (χ3n) is 16.4. The number of Topliss-reactive ketones (excluding diaryl/α,β-unsaturated/α-hetero) is 2. The van der Waals surface area contributed by atoms with Crippen LogP contribution in [0.3, 0.4) is 0 Å². The van der Waals surface area contributed by atoms with Gasteiger partial charge in [0.05, 0.1) is 36.4 Å². The van der Waals surface area contributed by atoms with Crippen molar-refractivity contribution in [2.45, 2.75) is 122 Å². The molecule has 8 bridgehead atoms. The predicted octanol–water partition coefficient (Wildman–Crippen LogP) is 8.70.